The minimum Gasteiger partial charge on any atom is -0.324 e. The van der Waals surface area contributed by atoms with E-state index in [9.17, 15) is 17.2 Å². The zero-order valence-electron chi connectivity index (χ0n) is 10.9. The summed E-state index contributed by atoms with van der Waals surface area (Å²) in [6, 6.07) is 2.90. The first kappa shape index (κ1) is 16.0. The van der Waals surface area contributed by atoms with Crippen LogP contribution >= 0.6 is 0 Å². The van der Waals surface area contributed by atoms with Crippen LogP contribution in [0.3, 0.4) is 0 Å². The fourth-order valence-electron chi connectivity index (χ4n) is 1.55. The van der Waals surface area contributed by atoms with Gasteiger partial charge in [-0.15, -0.1) is 0 Å². The molecule has 4 nitrogen and oxygen atoms in total. The van der Waals surface area contributed by atoms with E-state index >= 15 is 0 Å². The maximum absolute atomic E-state index is 13.4. The predicted octanol–water partition coefficient (Wildman–Crippen LogP) is 1.76. The van der Waals surface area contributed by atoms with Gasteiger partial charge in [0.2, 0.25) is 10.0 Å². The zero-order valence-corrected chi connectivity index (χ0v) is 11.7. The Bertz CT molecular complexity index is 522. The number of rotatable bonds is 6. The van der Waals surface area contributed by atoms with Crippen LogP contribution in [0.25, 0.3) is 0 Å². The van der Waals surface area contributed by atoms with Gasteiger partial charge in [0.15, 0.2) is 4.90 Å². The minimum atomic E-state index is -4.25. The van der Waals surface area contributed by atoms with Crippen molar-refractivity contribution >= 4 is 10.0 Å². The highest BCUT2D eigenvalue weighted by molar-refractivity contribution is 7.89. The molecule has 0 radical (unpaired) electrons. The Balaban J connectivity index is 3.00. The van der Waals surface area contributed by atoms with Crippen molar-refractivity contribution in [3.05, 3.63) is 29.8 Å². The molecule has 0 amide bonds. The molecule has 0 atom stereocenters. The van der Waals surface area contributed by atoms with Crippen molar-refractivity contribution in [1.29, 1.82) is 0 Å². The summed E-state index contributed by atoms with van der Waals surface area (Å²) in [5, 5.41) is 0. The SMILES string of the molecule is CCC(N)(CC)CNS(=O)(=O)c1c(F)cccc1F. The molecular weight excluding hydrogens is 274 g/mol. The first-order valence-electron chi connectivity index (χ1n) is 5.98. The molecule has 0 aliphatic rings. The lowest BCUT2D eigenvalue weighted by Crippen LogP contribution is -2.49. The summed E-state index contributed by atoms with van der Waals surface area (Å²) in [6.45, 7) is 3.57. The summed E-state index contributed by atoms with van der Waals surface area (Å²) in [7, 11) is -4.25. The highest BCUT2D eigenvalue weighted by atomic mass is 32.2. The molecule has 0 fully saturated rings. The van der Waals surface area contributed by atoms with Crippen LogP contribution in [-0.2, 0) is 10.0 Å². The minimum absolute atomic E-state index is 0.0733. The number of hydrogen-bond acceptors (Lipinski definition) is 3. The van der Waals surface area contributed by atoms with Crippen LogP contribution in [0.2, 0.25) is 0 Å². The lowest BCUT2D eigenvalue weighted by atomic mass is 9.95. The van der Waals surface area contributed by atoms with Crippen LogP contribution in [0.5, 0.6) is 0 Å². The number of halogens is 2. The molecule has 0 aliphatic carbocycles. The fraction of sp³-hybridized carbons (Fsp3) is 0.500. The molecule has 108 valence electrons. The monoisotopic (exact) mass is 292 g/mol. The van der Waals surface area contributed by atoms with Crippen molar-refractivity contribution in [1.82, 2.24) is 4.72 Å². The smallest absolute Gasteiger partial charge is 0.246 e. The van der Waals surface area contributed by atoms with E-state index in [1.807, 2.05) is 13.8 Å². The van der Waals surface area contributed by atoms with E-state index in [2.05, 4.69) is 4.72 Å². The molecule has 1 aromatic rings. The van der Waals surface area contributed by atoms with E-state index in [0.29, 0.717) is 12.8 Å². The zero-order chi connectivity index (χ0) is 14.7. The van der Waals surface area contributed by atoms with Gasteiger partial charge >= 0.3 is 0 Å². The molecule has 0 bridgehead atoms. The van der Waals surface area contributed by atoms with E-state index in [-0.39, 0.29) is 6.54 Å². The number of benzene rings is 1. The number of nitrogens with two attached hydrogens (primary N) is 1. The first-order chi connectivity index (χ1) is 8.75. The molecule has 0 aromatic heterocycles. The molecule has 0 saturated carbocycles. The van der Waals surface area contributed by atoms with Gasteiger partial charge in [-0.25, -0.2) is 21.9 Å². The van der Waals surface area contributed by atoms with Crippen LogP contribution in [0, 0.1) is 11.6 Å². The highest BCUT2D eigenvalue weighted by Gasteiger charge is 2.27. The average Bonchev–Trinajstić information content (AvgIpc) is 2.35. The van der Waals surface area contributed by atoms with Crippen molar-refractivity contribution in [3.63, 3.8) is 0 Å². The maximum atomic E-state index is 13.4. The van der Waals surface area contributed by atoms with Gasteiger partial charge < -0.3 is 5.73 Å². The van der Waals surface area contributed by atoms with Gasteiger partial charge in [0, 0.05) is 12.1 Å². The Morgan fingerprint density at radius 1 is 1.21 bits per heavy atom. The quantitative estimate of drug-likeness (QED) is 0.839. The standard InChI is InChI=1S/C12H18F2N2O2S/c1-3-12(15,4-2)8-16-19(17,18)11-9(13)6-5-7-10(11)14/h5-7,16H,3-4,8,15H2,1-2H3. The van der Waals surface area contributed by atoms with Crippen LogP contribution in [-0.4, -0.2) is 20.5 Å². The Hall–Kier alpha value is -1.05. The summed E-state index contributed by atoms with van der Waals surface area (Å²) >= 11 is 0. The van der Waals surface area contributed by atoms with Crippen LogP contribution in [0.15, 0.2) is 23.1 Å². The second-order valence-electron chi connectivity index (χ2n) is 4.44. The van der Waals surface area contributed by atoms with E-state index in [4.69, 9.17) is 5.73 Å². The molecule has 1 rings (SSSR count). The number of sulfonamides is 1. The van der Waals surface area contributed by atoms with Crippen molar-refractivity contribution in [2.24, 2.45) is 5.73 Å². The maximum Gasteiger partial charge on any atom is 0.246 e. The molecule has 0 heterocycles. The molecule has 0 spiro atoms. The molecule has 19 heavy (non-hydrogen) atoms. The molecule has 0 unspecified atom stereocenters. The summed E-state index contributed by atoms with van der Waals surface area (Å²) in [6.07, 6.45) is 1.09. The van der Waals surface area contributed by atoms with Crippen molar-refractivity contribution < 1.29 is 17.2 Å². The topological polar surface area (TPSA) is 72.2 Å². The number of nitrogens with one attached hydrogen (secondary N) is 1. The average molecular weight is 292 g/mol. The third-order valence-electron chi connectivity index (χ3n) is 3.21. The Labute approximate surface area is 112 Å². The normalized spacial score (nSPS) is 12.7. The first-order valence-corrected chi connectivity index (χ1v) is 7.46. The van der Waals surface area contributed by atoms with Gasteiger partial charge in [0.05, 0.1) is 0 Å². The molecular formula is C12H18F2N2O2S. The van der Waals surface area contributed by atoms with Gasteiger partial charge in [-0.1, -0.05) is 19.9 Å². The van der Waals surface area contributed by atoms with Crippen molar-refractivity contribution in [3.8, 4) is 0 Å². The Morgan fingerprint density at radius 3 is 2.11 bits per heavy atom. The molecule has 7 heteroatoms. The molecule has 0 aliphatic heterocycles. The van der Waals surface area contributed by atoms with Gasteiger partial charge in [-0.3, -0.25) is 0 Å². The third kappa shape index (κ3) is 3.71. The Morgan fingerprint density at radius 2 is 1.68 bits per heavy atom. The van der Waals surface area contributed by atoms with Crippen molar-refractivity contribution in [2.75, 3.05) is 6.54 Å². The second kappa shape index (κ2) is 5.94. The number of hydrogen-bond donors (Lipinski definition) is 2. The lowest BCUT2D eigenvalue weighted by Gasteiger charge is -2.26. The van der Waals surface area contributed by atoms with Gasteiger partial charge in [0.1, 0.15) is 11.6 Å². The van der Waals surface area contributed by atoms with Gasteiger partial charge in [0.25, 0.3) is 0 Å². The molecule has 1 aromatic carbocycles. The Kier molecular flexibility index (Phi) is 5.00. The molecule has 0 saturated heterocycles. The van der Waals surface area contributed by atoms with E-state index in [1.54, 1.807) is 0 Å². The van der Waals surface area contributed by atoms with Crippen LogP contribution < -0.4 is 10.5 Å². The van der Waals surface area contributed by atoms with E-state index < -0.39 is 32.1 Å². The largest absolute Gasteiger partial charge is 0.324 e. The van der Waals surface area contributed by atoms with Crippen molar-refractivity contribution in [2.45, 2.75) is 37.1 Å². The van der Waals surface area contributed by atoms with Gasteiger partial charge in [-0.05, 0) is 25.0 Å². The fourth-order valence-corrected chi connectivity index (χ4v) is 2.82. The van der Waals surface area contributed by atoms with E-state index in [0.717, 1.165) is 18.2 Å². The highest BCUT2D eigenvalue weighted by Crippen LogP contribution is 2.19. The molecule has 3 N–H and O–H groups in total. The summed E-state index contributed by atoms with van der Waals surface area (Å²) in [4.78, 5) is -0.968. The third-order valence-corrected chi connectivity index (χ3v) is 4.66. The van der Waals surface area contributed by atoms with Gasteiger partial charge in [-0.2, -0.15) is 0 Å². The van der Waals surface area contributed by atoms with E-state index in [1.165, 1.54) is 0 Å². The van der Waals surface area contributed by atoms with Crippen LogP contribution in [0.4, 0.5) is 8.78 Å². The second-order valence-corrected chi connectivity index (χ2v) is 6.15. The summed E-state index contributed by atoms with van der Waals surface area (Å²) in [5.41, 5.74) is 5.22. The van der Waals surface area contributed by atoms with Crippen LogP contribution in [0.1, 0.15) is 26.7 Å². The summed E-state index contributed by atoms with van der Waals surface area (Å²) in [5.74, 6) is -2.24. The summed E-state index contributed by atoms with van der Waals surface area (Å²) < 4.78 is 52.9. The predicted molar refractivity (Wildman–Crippen MR) is 69.0 cm³/mol. The lowest BCUT2D eigenvalue weighted by molar-refractivity contribution is 0.390.